The van der Waals surface area contributed by atoms with Crippen molar-refractivity contribution in [1.29, 1.82) is 0 Å². The molecule has 1 fully saturated rings. The molecule has 20 heavy (non-hydrogen) atoms. The predicted octanol–water partition coefficient (Wildman–Crippen LogP) is 4.63. The third-order valence-electron chi connectivity index (χ3n) is 4.58. The van der Waals surface area contributed by atoms with Crippen LogP contribution in [-0.4, -0.2) is 0 Å². The van der Waals surface area contributed by atoms with Crippen molar-refractivity contribution < 1.29 is 0 Å². The van der Waals surface area contributed by atoms with Crippen molar-refractivity contribution >= 4 is 21.4 Å². The van der Waals surface area contributed by atoms with Crippen LogP contribution in [-0.2, 0) is 5.41 Å². The van der Waals surface area contributed by atoms with Crippen molar-refractivity contribution in [2.45, 2.75) is 24.3 Å². The van der Waals surface area contributed by atoms with Crippen LogP contribution in [0.5, 0.6) is 0 Å². The molecule has 1 unspecified atom stereocenters. The van der Waals surface area contributed by atoms with Gasteiger partial charge in [0.1, 0.15) is 0 Å². The molecule has 1 heterocycles. The maximum Gasteiger partial charge on any atom is 0.0407 e. The molecule has 1 aliphatic carbocycles. The van der Waals surface area contributed by atoms with Gasteiger partial charge in [0.25, 0.3) is 0 Å². The van der Waals surface area contributed by atoms with Gasteiger partial charge in [0.15, 0.2) is 0 Å². The number of thiophene rings is 1. The highest BCUT2D eigenvalue weighted by molar-refractivity contribution is 7.17. The zero-order chi connectivity index (χ0) is 13.6. The summed E-state index contributed by atoms with van der Waals surface area (Å²) in [7, 11) is 0. The lowest BCUT2D eigenvalue weighted by atomic mass is 9.84. The van der Waals surface area contributed by atoms with Gasteiger partial charge >= 0.3 is 0 Å². The van der Waals surface area contributed by atoms with Gasteiger partial charge < -0.3 is 5.73 Å². The van der Waals surface area contributed by atoms with Crippen LogP contribution in [0.4, 0.5) is 0 Å². The monoisotopic (exact) mass is 279 g/mol. The maximum atomic E-state index is 6.68. The average Bonchev–Trinajstić information content (AvgIpc) is 3.21. The predicted molar refractivity (Wildman–Crippen MR) is 86.1 cm³/mol. The first-order chi connectivity index (χ1) is 9.81. The third-order valence-corrected chi connectivity index (χ3v) is 5.56. The number of hydrogen-bond acceptors (Lipinski definition) is 2. The first-order valence-electron chi connectivity index (χ1n) is 7.08. The molecule has 0 spiro atoms. The molecule has 0 bridgehead atoms. The van der Waals surface area contributed by atoms with E-state index in [1.54, 1.807) is 11.3 Å². The van der Waals surface area contributed by atoms with Crippen LogP contribution in [0.3, 0.4) is 0 Å². The van der Waals surface area contributed by atoms with Gasteiger partial charge in [0.05, 0.1) is 0 Å². The average molecular weight is 279 g/mol. The molecule has 0 amide bonds. The van der Waals surface area contributed by atoms with Crippen molar-refractivity contribution in [1.82, 2.24) is 0 Å². The standard InChI is InChI=1S/C18H17NS/c19-17(15-12-20-16-9-5-4-8-14(15)16)18(10-11-18)13-6-2-1-3-7-13/h1-9,12,17H,10-11,19H2. The van der Waals surface area contributed by atoms with Gasteiger partial charge in [-0.15, -0.1) is 11.3 Å². The van der Waals surface area contributed by atoms with Gasteiger partial charge in [0, 0.05) is 16.2 Å². The first kappa shape index (κ1) is 12.1. The third kappa shape index (κ3) is 1.72. The highest BCUT2D eigenvalue weighted by atomic mass is 32.1. The van der Waals surface area contributed by atoms with Gasteiger partial charge in [0.2, 0.25) is 0 Å². The Morgan fingerprint density at radius 2 is 1.65 bits per heavy atom. The second-order valence-electron chi connectivity index (χ2n) is 5.69. The summed E-state index contributed by atoms with van der Waals surface area (Å²) in [6.07, 6.45) is 2.39. The van der Waals surface area contributed by atoms with E-state index in [2.05, 4.69) is 60.0 Å². The second kappa shape index (κ2) is 4.44. The Morgan fingerprint density at radius 1 is 0.950 bits per heavy atom. The quantitative estimate of drug-likeness (QED) is 0.743. The number of hydrogen-bond donors (Lipinski definition) is 1. The minimum atomic E-state index is 0.0982. The summed E-state index contributed by atoms with van der Waals surface area (Å²) in [6.45, 7) is 0. The van der Waals surface area contributed by atoms with Crippen molar-refractivity contribution in [2.24, 2.45) is 5.73 Å². The second-order valence-corrected chi connectivity index (χ2v) is 6.60. The fraction of sp³-hybridized carbons (Fsp3) is 0.222. The summed E-state index contributed by atoms with van der Waals surface area (Å²) in [5.74, 6) is 0. The Labute approximate surface area is 123 Å². The van der Waals surface area contributed by atoms with Crippen LogP contribution in [0.15, 0.2) is 60.0 Å². The number of fused-ring (bicyclic) bond motifs is 1. The molecule has 1 aliphatic rings. The van der Waals surface area contributed by atoms with E-state index in [-0.39, 0.29) is 11.5 Å². The molecule has 1 aromatic heterocycles. The number of nitrogens with two attached hydrogens (primary N) is 1. The summed E-state index contributed by atoms with van der Waals surface area (Å²) in [4.78, 5) is 0. The summed E-state index contributed by atoms with van der Waals surface area (Å²) < 4.78 is 1.34. The molecule has 3 aromatic rings. The lowest BCUT2D eigenvalue weighted by molar-refractivity contribution is 0.546. The lowest BCUT2D eigenvalue weighted by Crippen LogP contribution is -2.26. The van der Waals surface area contributed by atoms with Crippen molar-refractivity contribution in [3.8, 4) is 0 Å². The van der Waals surface area contributed by atoms with E-state index in [0.717, 1.165) is 0 Å². The highest BCUT2D eigenvalue weighted by Gasteiger charge is 2.50. The molecular weight excluding hydrogens is 262 g/mol. The largest absolute Gasteiger partial charge is 0.323 e. The highest BCUT2D eigenvalue weighted by Crippen LogP contribution is 2.56. The fourth-order valence-electron chi connectivity index (χ4n) is 3.22. The van der Waals surface area contributed by atoms with Crippen LogP contribution in [0.25, 0.3) is 10.1 Å². The SMILES string of the molecule is NC(c1csc2ccccc12)C1(c2ccccc2)CC1. The summed E-state index contributed by atoms with van der Waals surface area (Å²) in [6, 6.07) is 19.4. The van der Waals surface area contributed by atoms with E-state index in [4.69, 9.17) is 5.73 Å². The normalized spacial score (nSPS) is 18.1. The molecule has 4 rings (SSSR count). The zero-order valence-electron chi connectivity index (χ0n) is 11.3. The number of benzene rings is 2. The first-order valence-corrected chi connectivity index (χ1v) is 7.96. The van der Waals surface area contributed by atoms with E-state index in [1.807, 2.05) is 0 Å². The van der Waals surface area contributed by atoms with Crippen LogP contribution in [0.2, 0.25) is 0 Å². The van der Waals surface area contributed by atoms with E-state index >= 15 is 0 Å². The molecule has 0 saturated heterocycles. The minimum absolute atomic E-state index is 0.0982. The molecule has 0 radical (unpaired) electrons. The van der Waals surface area contributed by atoms with Gasteiger partial charge in [-0.1, -0.05) is 48.5 Å². The van der Waals surface area contributed by atoms with Crippen molar-refractivity contribution in [3.63, 3.8) is 0 Å². The molecule has 2 N–H and O–H groups in total. The Hall–Kier alpha value is -1.64. The molecular formula is C18H17NS. The smallest absolute Gasteiger partial charge is 0.0407 e. The van der Waals surface area contributed by atoms with Crippen molar-refractivity contribution in [2.75, 3.05) is 0 Å². The molecule has 1 nitrogen and oxygen atoms in total. The molecule has 2 heteroatoms. The number of rotatable bonds is 3. The van der Waals surface area contributed by atoms with Crippen molar-refractivity contribution in [3.05, 3.63) is 71.1 Å². The summed E-state index contributed by atoms with van der Waals surface area (Å²) in [5, 5.41) is 3.57. The van der Waals surface area contributed by atoms with Crippen LogP contribution >= 0.6 is 11.3 Å². The van der Waals surface area contributed by atoms with E-state index < -0.39 is 0 Å². The maximum absolute atomic E-state index is 6.68. The summed E-state index contributed by atoms with van der Waals surface area (Å²) >= 11 is 1.80. The molecule has 1 saturated carbocycles. The summed E-state index contributed by atoms with van der Waals surface area (Å²) in [5.41, 5.74) is 9.55. The lowest BCUT2D eigenvalue weighted by Gasteiger charge is -2.24. The van der Waals surface area contributed by atoms with E-state index in [1.165, 1.54) is 34.1 Å². The van der Waals surface area contributed by atoms with Crippen LogP contribution in [0, 0.1) is 0 Å². The fourth-order valence-corrected chi connectivity index (χ4v) is 4.22. The van der Waals surface area contributed by atoms with E-state index in [0.29, 0.717) is 0 Å². The molecule has 0 aliphatic heterocycles. The van der Waals surface area contributed by atoms with Crippen LogP contribution < -0.4 is 5.73 Å². The van der Waals surface area contributed by atoms with Gasteiger partial charge in [-0.05, 0) is 40.8 Å². The Bertz CT molecular complexity index is 740. The van der Waals surface area contributed by atoms with Gasteiger partial charge in [-0.25, -0.2) is 0 Å². The Kier molecular flexibility index (Phi) is 2.69. The molecule has 2 aromatic carbocycles. The molecule has 100 valence electrons. The zero-order valence-corrected chi connectivity index (χ0v) is 12.1. The Balaban J connectivity index is 1.79. The van der Waals surface area contributed by atoms with Gasteiger partial charge in [-0.2, -0.15) is 0 Å². The minimum Gasteiger partial charge on any atom is -0.323 e. The molecule has 1 atom stereocenters. The van der Waals surface area contributed by atoms with E-state index in [9.17, 15) is 0 Å². The topological polar surface area (TPSA) is 26.0 Å². The Morgan fingerprint density at radius 3 is 2.40 bits per heavy atom. The van der Waals surface area contributed by atoms with Gasteiger partial charge in [-0.3, -0.25) is 0 Å². The van der Waals surface area contributed by atoms with Crippen LogP contribution in [0.1, 0.15) is 30.0 Å².